The molecule has 0 unspecified atom stereocenters. The highest BCUT2D eigenvalue weighted by atomic mass is 127. The molecule has 2 heterocycles. The Kier molecular flexibility index (Phi) is 4.01. The first kappa shape index (κ1) is 14.6. The number of hydrogen-bond donors (Lipinski definition) is 4. The fraction of sp³-hybridized carbons (Fsp3) is 0.0833. The van der Waals surface area contributed by atoms with E-state index in [9.17, 15) is 10.2 Å². The standard InChI is InChI=1S/C12H9I2N5O2/c13-6-1-7(14)10(21)5(9(6)20)2-15-12-16-3-8-11(19-12)18-4-17-8/h1,3-4,20-21H,2H2,(H2,15,16,17,18,19). The molecule has 21 heavy (non-hydrogen) atoms. The maximum absolute atomic E-state index is 10.1. The smallest absolute Gasteiger partial charge is 0.225 e. The van der Waals surface area contributed by atoms with Crippen LogP contribution in [-0.4, -0.2) is 30.1 Å². The second-order valence-electron chi connectivity index (χ2n) is 4.20. The lowest BCUT2D eigenvalue weighted by molar-refractivity contribution is 0.435. The number of aromatic amines is 1. The third-order valence-corrected chi connectivity index (χ3v) is 4.52. The molecule has 0 saturated heterocycles. The number of imidazole rings is 1. The quantitative estimate of drug-likeness (QED) is 0.405. The molecule has 0 aliphatic rings. The largest absolute Gasteiger partial charge is 0.506 e. The summed E-state index contributed by atoms with van der Waals surface area (Å²) < 4.78 is 1.35. The van der Waals surface area contributed by atoms with Crippen molar-refractivity contribution < 1.29 is 10.2 Å². The topological polar surface area (TPSA) is 107 Å². The number of H-pyrrole nitrogens is 1. The molecule has 0 amide bonds. The van der Waals surface area contributed by atoms with Crippen molar-refractivity contribution in [1.82, 2.24) is 19.9 Å². The van der Waals surface area contributed by atoms with Gasteiger partial charge in [0, 0.05) is 0 Å². The number of rotatable bonds is 3. The number of phenolic OH excluding ortho intramolecular Hbond substituents is 2. The summed E-state index contributed by atoms with van der Waals surface area (Å²) in [7, 11) is 0. The van der Waals surface area contributed by atoms with Crippen molar-refractivity contribution in [3.8, 4) is 11.5 Å². The van der Waals surface area contributed by atoms with Crippen LogP contribution in [0.15, 0.2) is 18.6 Å². The summed E-state index contributed by atoms with van der Waals surface area (Å²) in [5, 5.41) is 23.1. The monoisotopic (exact) mass is 509 g/mol. The van der Waals surface area contributed by atoms with Gasteiger partial charge in [-0.05, 0) is 51.2 Å². The molecule has 0 atom stereocenters. The van der Waals surface area contributed by atoms with Gasteiger partial charge in [-0.25, -0.2) is 9.97 Å². The minimum Gasteiger partial charge on any atom is -0.506 e. The molecule has 9 heteroatoms. The van der Waals surface area contributed by atoms with Crippen LogP contribution in [0.3, 0.4) is 0 Å². The van der Waals surface area contributed by atoms with E-state index in [1.807, 2.05) is 45.2 Å². The third kappa shape index (κ3) is 2.84. The minimum absolute atomic E-state index is 0.0573. The van der Waals surface area contributed by atoms with Crippen LogP contribution < -0.4 is 5.32 Å². The molecule has 3 rings (SSSR count). The van der Waals surface area contributed by atoms with E-state index in [0.29, 0.717) is 24.3 Å². The lowest BCUT2D eigenvalue weighted by atomic mass is 10.2. The predicted octanol–water partition coefficient (Wildman–Crippen LogP) is 2.59. The Labute approximate surface area is 146 Å². The van der Waals surface area contributed by atoms with E-state index in [-0.39, 0.29) is 18.0 Å². The number of benzene rings is 1. The second-order valence-corrected chi connectivity index (χ2v) is 6.53. The van der Waals surface area contributed by atoms with Crippen molar-refractivity contribution >= 4 is 62.3 Å². The molecule has 0 bridgehead atoms. The average molecular weight is 509 g/mol. The zero-order chi connectivity index (χ0) is 15.0. The van der Waals surface area contributed by atoms with Crippen LogP contribution in [0.4, 0.5) is 5.95 Å². The van der Waals surface area contributed by atoms with Crippen LogP contribution >= 0.6 is 45.2 Å². The number of aromatic hydroxyl groups is 2. The van der Waals surface area contributed by atoms with Crippen LogP contribution in [-0.2, 0) is 6.54 Å². The molecule has 0 radical (unpaired) electrons. The SMILES string of the molecule is Oc1c(I)cc(I)c(O)c1CNc1ncc2[nH]cnc2n1. The van der Waals surface area contributed by atoms with E-state index in [0.717, 1.165) is 5.52 Å². The summed E-state index contributed by atoms with van der Waals surface area (Å²) in [6, 6.07) is 1.71. The maximum Gasteiger partial charge on any atom is 0.225 e. The second kappa shape index (κ2) is 5.79. The van der Waals surface area contributed by atoms with Crippen molar-refractivity contribution in [2.45, 2.75) is 6.54 Å². The highest BCUT2D eigenvalue weighted by Gasteiger charge is 2.15. The Morgan fingerprint density at radius 1 is 1.14 bits per heavy atom. The van der Waals surface area contributed by atoms with Gasteiger partial charge in [-0.3, -0.25) is 0 Å². The molecule has 0 aliphatic carbocycles. The number of halogens is 2. The Hall–Kier alpha value is -1.37. The molecule has 3 aromatic rings. The van der Waals surface area contributed by atoms with Crippen LogP contribution in [0, 0.1) is 7.14 Å². The van der Waals surface area contributed by atoms with Gasteiger partial charge in [0.05, 0.1) is 31.8 Å². The zero-order valence-electron chi connectivity index (χ0n) is 10.4. The molecule has 2 aromatic heterocycles. The fourth-order valence-electron chi connectivity index (χ4n) is 1.80. The van der Waals surface area contributed by atoms with Gasteiger partial charge in [-0.1, -0.05) is 0 Å². The number of anilines is 1. The Morgan fingerprint density at radius 3 is 2.57 bits per heavy atom. The first-order valence-electron chi connectivity index (χ1n) is 5.85. The molecular weight excluding hydrogens is 500 g/mol. The van der Waals surface area contributed by atoms with Gasteiger partial charge in [-0.15, -0.1) is 0 Å². The molecule has 7 nitrogen and oxygen atoms in total. The zero-order valence-corrected chi connectivity index (χ0v) is 14.7. The normalized spacial score (nSPS) is 11.0. The summed E-state index contributed by atoms with van der Waals surface area (Å²) >= 11 is 4.04. The van der Waals surface area contributed by atoms with E-state index in [4.69, 9.17) is 0 Å². The number of aromatic nitrogens is 4. The average Bonchev–Trinajstić information content (AvgIpc) is 2.92. The molecule has 1 aromatic carbocycles. The summed E-state index contributed by atoms with van der Waals surface area (Å²) in [6.45, 7) is 0.209. The molecule has 108 valence electrons. The van der Waals surface area contributed by atoms with Gasteiger partial charge >= 0.3 is 0 Å². The van der Waals surface area contributed by atoms with Crippen molar-refractivity contribution in [2.75, 3.05) is 5.32 Å². The summed E-state index contributed by atoms with van der Waals surface area (Å²) in [5.74, 6) is 0.492. The van der Waals surface area contributed by atoms with Gasteiger partial charge in [0.1, 0.15) is 17.0 Å². The molecule has 0 fully saturated rings. The highest BCUT2D eigenvalue weighted by molar-refractivity contribution is 14.1. The van der Waals surface area contributed by atoms with Gasteiger partial charge < -0.3 is 20.5 Å². The van der Waals surface area contributed by atoms with E-state index in [2.05, 4.69) is 25.3 Å². The van der Waals surface area contributed by atoms with E-state index in [1.165, 1.54) is 0 Å². The van der Waals surface area contributed by atoms with Crippen molar-refractivity contribution in [3.05, 3.63) is 31.3 Å². The van der Waals surface area contributed by atoms with Gasteiger partial charge in [0.25, 0.3) is 0 Å². The Balaban J connectivity index is 1.87. The molecular formula is C12H9I2N5O2. The number of fused-ring (bicyclic) bond motifs is 1. The van der Waals surface area contributed by atoms with Crippen LogP contribution in [0.5, 0.6) is 11.5 Å². The Morgan fingerprint density at radius 2 is 1.86 bits per heavy atom. The predicted molar refractivity (Wildman–Crippen MR) is 94.2 cm³/mol. The lowest BCUT2D eigenvalue weighted by Crippen LogP contribution is -2.05. The van der Waals surface area contributed by atoms with Gasteiger partial charge in [0.2, 0.25) is 5.95 Å². The summed E-state index contributed by atoms with van der Waals surface area (Å²) in [6.07, 6.45) is 3.17. The van der Waals surface area contributed by atoms with E-state index < -0.39 is 0 Å². The third-order valence-electron chi connectivity index (χ3n) is 2.88. The number of hydrogen-bond acceptors (Lipinski definition) is 6. The van der Waals surface area contributed by atoms with Gasteiger partial charge in [-0.2, -0.15) is 4.98 Å². The number of nitrogens with one attached hydrogen (secondary N) is 2. The van der Waals surface area contributed by atoms with Crippen molar-refractivity contribution in [3.63, 3.8) is 0 Å². The van der Waals surface area contributed by atoms with Crippen molar-refractivity contribution in [2.24, 2.45) is 0 Å². The number of nitrogens with zero attached hydrogens (tertiary/aromatic N) is 3. The summed E-state index contributed by atoms with van der Waals surface area (Å²) in [4.78, 5) is 15.3. The number of phenols is 2. The maximum atomic E-state index is 10.1. The molecule has 0 aliphatic heterocycles. The van der Waals surface area contributed by atoms with Crippen LogP contribution in [0.2, 0.25) is 0 Å². The molecule has 0 spiro atoms. The molecule has 4 N–H and O–H groups in total. The van der Waals surface area contributed by atoms with Crippen LogP contribution in [0.1, 0.15) is 5.56 Å². The first-order valence-corrected chi connectivity index (χ1v) is 8.01. The highest BCUT2D eigenvalue weighted by Crippen LogP contribution is 2.36. The minimum atomic E-state index is 0.0573. The van der Waals surface area contributed by atoms with E-state index >= 15 is 0 Å². The van der Waals surface area contributed by atoms with E-state index in [1.54, 1.807) is 18.6 Å². The first-order chi connectivity index (χ1) is 10.1. The molecule has 0 saturated carbocycles. The lowest BCUT2D eigenvalue weighted by Gasteiger charge is -2.11. The van der Waals surface area contributed by atoms with Gasteiger partial charge in [0.15, 0.2) is 5.65 Å². The Bertz CT molecular complexity index is 795. The summed E-state index contributed by atoms with van der Waals surface area (Å²) in [5.41, 5.74) is 1.71. The fourth-order valence-corrected chi connectivity index (χ4v) is 3.67. The van der Waals surface area contributed by atoms with Crippen molar-refractivity contribution in [1.29, 1.82) is 0 Å². The van der Waals surface area contributed by atoms with Crippen LogP contribution in [0.25, 0.3) is 11.2 Å².